The Labute approximate surface area is 188 Å². The lowest BCUT2D eigenvalue weighted by molar-refractivity contribution is -0.135. The molecule has 0 radical (unpaired) electrons. The minimum absolute atomic E-state index is 0. The number of nitrogens with zero attached hydrogens (tertiary/aromatic N) is 5. The normalized spacial score (nSPS) is 19.1. The standard InChI is InChI=1S/C20H26N6O2.2ClH/c1-2-17-16(12-23-26(17)18-7-3-4-8-22-18)20(28)24-10-5-6-15(14-24)25-11-9-21-13-19(25)27;;/h3-4,7-8,12,15,21H,2,5-6,9-11,13-14H2,1H3;2*1H. The zero-order chi connectivity index (χ0) is 19.5. The van der Waals surface area contributed by atoms with Crippen LogP contribution in [-0.4, -0.2) is 75.1 Å². The molecule has 0 aliphatic carbocycles. The van der Waals surface area contributed by atoms with Gasteiger partial charge in [-0.3, -0.25) is 9.59 Å². The van der Waals surface area contributed by atoms with Gasteiger partial charge in [0.25, 0.3) is 5.91 Å². The molecule has 2 aromatic heterocycles. The number of hydrogen-bond acceptors (Lipinski definition) is 5. The van der Waals surface area contributed by atoms with Crippen LogP contribution >= 0.6 is 24.8 Å². The fourth-order valence-corrected chi connectivity index (χ4v) is 4.14. The van der Waals surface area contributed by atoms with E-state index in [-0.39, 0.29) is 42.7 Å². The maximum atomic E-state index is 13.3. The Balaban J connectivity index is 0.00000160. The molecule has 0 bridgehead atoms. The second-order valence-electron chi connectivity index (χ2n) is 7.27. The van der Waals surface area contributed by atoms with Gasteiger partial charge in [-0.2, -0.15) is 5.10 Å². The average Bonchev–Trinajstić information content (AvgIpc) is 3.18. The second-order valence-corrected chi connectivity index (χ2v) is 7.27. The summed E-state index contributed by atoms with van der Waals surface area (Å²) in [5, 5.41) is 7.54. The Morgan fingerprint density at radius 1 is 1.27 bits per heavy atom. The molecular formula is C20H28Cl2N6O2. The number of nitrogens with one attached hydrogen (secondary N) is 1. The molecule has 0 aromatic carbocycles. The molecule has 8 nitrogen and oxygen atoms in total. The van der Waals surface area contributed by atoms with E-state index < -0.39 is 0 Å². The van der Waals surface area contributed by atoms with E-state index in [1.54, 1.807) is 17.1 Å². The van der Waals surface area contributed by atoms with E-state index in [2.05, 4.69) is 15.4 Å². The van der Waals surface area contributed by atoms with Gasteiger partial charge in [0.15, 0.2) is 5.82 Å². The molecule has 2 saturated heterocycles. The minimum Gasteiger partial charge on any atom is -0.336 e. The van der Waals surface area contributed by atoms with Gasteiger partial charge in [-0.05, 0) is 31.4 Å². The lowest BCUT2D eigenvalue weighted by atomic mass is 10.0. The fraction of sp³-hybridized carbons (Fsp3) is 0.500. The molecule has 2 aromatic rings. The van der Waals surface area contributed by atoms with Gasteiger partial charge in [0, 0.05) is 38.4 Å². The molecule has 4 rings (SSSR count). The summed E-state index contributed by atoms with van der Waals surface area (Å²) in [5.74, 6) is 0.829. The molecule has 1 unspecified atom stereocenters. The first kappa shape index (κ1) is 24.1. The van der Waals surface area contributed by atoms with Crippen LogP contribution in [0.1, 0.15) is 35.8 Å². The van der Waals surface area contributed by atoms with Crippen LogP contribution in [0.5, 0.6) is 0 Å². The molecule has 4 heterocycles. The number of rotatable bonds is 4. The quantitative estimate of drug-likeness (QED) is 0.759. The van der Waals surface area contributed by atoms with Crippen LogP contribution in [0.15, 0.2) is 30.6 Å². The summed E-state index contributed by atoms with van der Waals surface area (Å²) in [7, 11) is 0. The van der Waals surface area contributed by atoms with Gasteiger partial charge in [0.1, 0.15) is 0 Å². The van der Waals surface area contributed by atoms with E-state index in [0.29, 0.717) is 44.0 Å². The van der Waals surface area contributed by atoms with Crippen molar-refractivity contribution in [3.63, 3.8) is 0 Å². The predicted molar refractivity (Wildman–Crippen MR) is 119 cm³/mol. The third-order valence-electron chi connectivity index (χ3n) is 5.55. The van der Waals surface area contributed by atoms with Gasteiger partial charge >= 0.3 is 0 Å². The summed E-state index contributed by atoms with van der Waals surface area (Å²) in [5.41, 5.74) is 1.49. The van der Waals surface area contributed by atoms with E-state index in [9.17, 15) is 9.59 Å². The van der Waals surface area contributed by atoms with Crippen molar-refractivity contribution in [2.45, 2.75) is 32.2 Å². The van der Waals surface area contributed by atoms with E-state index in [1.807, 2.05) is 34.9 Å². The van der Waals surface area contributed by atoms with Crippen LogP contribution < -0.4 is 5.32 Å². The largest absolute Gasteiger partial charge is 0.336 e. The summed E-state index contributed by atoms with van der Waals surface area (Å²) in [6.07, 6.45) is 5.91. The van der Waals surface area contributed by atoms with E-state index in [4.69, 9.17) is 0 Å². The lowest BCUT2D eigenvalue weighted by Gasteiger charge is -2.41. The van der Waals surface area contributed by atoms with Gasteiger partial charge in [-0.15, -0.1) is 24.8 Å². The Kier molecular flexibility index (Phi) is 8.64. The third-order valence-corrected chi connectivity index (χ3v) is 5.55. The molecule has 0 spiro atoms. The molecule has 2 amide bonds. The second kappa shape index (κ2) is 10.7. The van der Waals surface area contributed by atoms with Crippen molar-refractivity contribution in [2.75, 3.05) is 32.7 Å². The highest BCUT2D eigenvalue weighted by Crippen LogP contribution is 2.21. The Morgan fingerprint density at radius 2 is 2.10 bits per heavy atom. The van der Waals surface area contributed by atoms with Crippen LogP contribution in [0.4, 0.5) is 0 Å². The summed E-state index contributed by atoms with van der Waals surface area (Å²) in [6.45, 7) is 5.24. The highest BCUT2D eigenvalue weighted by atomic mass is 35.5. The Bertz CT molecular complexity index is 860. The number of carbonyl (C=O) groups excluding carboxylic acids is 2. The van der Waals surface area contributed by atoms with Crippen LogP contribution in [0, 0.1) is 0 Å². The van der Waals surface area contributed by atoms with Crippen LogP contribution in [0.25, 0.3) is 5.82 Å². The van der Waals surface area contributed by atoms with Crippen LogP contribution in [0.2, 0.25) is 0 Å². The highest BCUT2D eigenvalue weighted by molar-refractivity contribution is 5.95. The number of pyridine rings is 1. The number of likely N-dealkylation sites (tertiary alicyclic amines) is 1. The SMILES string of the molecule is CCc1c(C(=O)N2CCCC(N3CCNCC3=O)C2)cnn1-c1ccccn1.Cl.Cl. The number of carbonyl (C=O) groups is 2. The lowest BCUT2D eigenvalue weighted by Crippen LogP contribution is -2.57. The molecule has 164 valence electrons. The highest BCUT2D eigenvalue weighted by Gasteiger charge is 2.33. The molecule has 2 aliphatic rings. The van der Waals surface area contributed by atoms with Crippen molar-refractivity contribution >= 4 is 36.6 Å². The van der Waals surface area contributed by atoms with Gasteiger partial charge in [-0.25, -0.2) is 9.67 Å². The summed E-state index contributed by atoms with van der Waals surface area (Å²) < 4.78 is 1.74. The molecular weight excluding hydrogens is 427 g/mol. The van der Waals surface area contributed by atoms with Gasteiger partial charge < -0.3 is 15.1 Å². The number of amides is 2. The van der Waals surface area contributed by atoms with Crippen molar-refractivity contribution in [3.05, 3.63) is 41.9 Å². The van der Waals surface area contributed by atoms with Crippen LogP contribution in [-0.2, 0) is 11.2 Å². The smallest absolute Gasteiger partial charge is 0.257 e. The number of aromatic nitrogens is 3. The molecule has 1 N–H and O–H groups in total. The van der Waals surface area contributed by atoms with Gasteiger partial charge in [-0.1, -0.05) is 13.0 Å². The monoisotopic (exact) mass is 454 g/mol. The maximum Gasteiger partial charge on any atom is 0.257 e. The van der Waals surface area contributed by atoms with E-state index in [1.165, 1.54) is 0 Å². The molecule has 2 aliphatic heterocycles. The molecule has 0 saturated carbocycles. The van der Waals surface area contributed by atoms with E-state index in [0.717, 1.165) is 25.1 Å². The average molecular weight is 455 g/mol. The number of halogens is 2. The van der Waals surface area contributed by atoms with Crippen molar-refractivity contribution in [1.29, 1.82) is 0 Å². The van der Waals surface area contributed by atoms with Crippen LogP contribution in [0.3, 0.4) is 0 Å². The van der Waals surface area contributed by atoms with E-state index >= 15 is 0 Å². The molecule has 10 heteroatoms. The summed E-state index contributed by atoms with van der Waals surface area (Å²) >= 11 is 0. The van der Waals surface area contributed by atoms with Crippen molar-refractivity contribution in [1.82, 2.24) is 29.9 Å². The zero-order valence-corrected chi connectivity index (χ0v) is 18.6. The Hall–Kier alpha value is -2.16. The maximum absolute atomic E-state index is 13.3. The Morgan fingerprint density at radius 3 is 2.80 bits per heavy atom. The summed E-state index contributed by atoms with van der Waals surface area (Å²) in [4.78, 5) is 33.7. The van der Waals surface area contributed by atoms with Gasteiger partial charge in [0.05, 0.1) is 24.0 Å². The minimum atomic E-state index is -0.00804. The first-order valence-corrected chi connectivity index (χ1v) is 9.96. The zero-order valence-electron chi connectivity index (χ0n) is 17.0. The number of hydrogen-bond donors (Lipinski definition) is 1. The third kappa shape index (κ3) is 4.77. The first-order valence-electron chi connectivity index (χ1n) is 9.96. The predicted octanol–water partition coefficient (Wildman–Crippen LogP) is 1.71. The molecule has 30 heavy (non-hydrogen) atoms. The first-order chi connectivity index (χ1) is 13.7. The topological polar surface area (TPSA) is 83.4 Å². The van der Waals surface area contributed by atoms with Gasteiger partial charge in [0.2, 0.25) is 5.91 Å². The van der Waals surface area contributed by atoms with Crippen molar-refractivity contribution in [2.24, 2.45) is 0 Å². The molecule has 1 atom stereocenters. The fourth-order valence-electron chi connectivity index (χ4n) is 4.14. The summed E-state index contributed by atoms with van der Waals surface area (Å²) in [6, 6.07) is 5.75. The number of piperidine rings is 1. The molecule has 2 fully saturated rings. The van der Waals surface area contributed by atoms with Crippen molar-refractivity contribution in [3.8, 4) is 5.82 Å². The number of piperazine rings is 1. The van der Waals surface area contributed by atoms with Crippen molar-refractivity contribution < 1.29 is 9.59 Å².